The van der Waals surface area contributed by atoms with Crippen molar-refractivity contribution in [3.8, 4) is 0 Å². The minimum atomic E-state index is -0.620. The van der Waals surface area contributed by atoms with Gasteiger partial charge in [-0.3, -0.25) is 4.21 Å². The number of rotatable bonds is 5. The number of thioether (sulfide) groups is 1. The zero-order valence-corrected chi connectivity index (χ0v) is 11.7. The van der Waals surface area contributed by atoms with Crippen molar-refractivity contribution in [3.05, 3.63) is 0 Å². The van der Waals surface area contributed by atoms with E-state index < -0.39 is 10.8 Å². The smallest absolute Gasteiger partial charge is 0.0360 e. The van der Waals surface area contributed by atoms with Crippen LogP contribution < -0.4 is 5.32 Å². The number of nitrogens with one attached hydrogen (secondary N) is 1. The van der Waals surface area contributed by atoms with Crippen LogP contribution in [0.4, 0.5) is 0 Å². The Morgan fingerprint density at radius 3 is 2.87 bits per heavy atom. The SMILES string of the molecule is CCS(=O)CCNC1CSCC(C)(C)C1. The molecule has 1 fully saturated rings. The summed E-state index contributed by atoms with van der Waals surface area (Å²) in [6.07, 6.45) is 1.25. The lowest BCUT2D eigenvalue weighted by Gasteiger charge is -2.35. The predicted octanol–water partition coefficient (Wildman–Crippen LogP) is 1.88. The molecular formula is C11H23NOS2. The number of hydrogen-bond acceptors (Lipinski definition) is 3. The first kappa shape index (κ1) is 13.5. The van der Waals surface area contributed by atoms with Gasteiger partial charge in [-0.1, -0.05) is 20.8 Å². The van der Waals surface area contributed by atoms with Crippen LogP contribution in [0.25, 0.3) is 0 Å². The summed E-state index contributed by atoms with van der Waals surface area (Å²) in [6.45, 7) is 7.55. The molecule has 0 spiro atoms. The first-order valence-electron chi connectivity index (χ1n) is 5.69. The van der Waals surface area contributed by atoms with Gasteiger partial charge in [-0.2, -0.15) is 11.8 Å². The predicted molar refractivity (Wildman–Crippen MR) is 71.1 cm³/mol. The Labute approximate surface area is 100 Å². The Balaban J connectivity index is 2.18. The monoisotopic (exact) mass is 249 g/mol. The molecule has 1 aliphatic heterocycles. The zero-order chi connectivity index (χ0) is 11.3. The Kier molecular flexibility index (Phi) is 5.64. The summed E-state index contributed by atoms with van der Waals surface area (Å²) < 4.78 is 11.2. The lowest BCUT2D eigenvalue weighted by molar-refractivity contribution is 0.321. The molecule has 2 nitrogen and oxygen atoms in total. The van der Waals surface area contributed by atoms with Gasteiger partial charge in [0.2, 0.25) is 0 Å². The standard InChI is InChI=1S/C11H23NOS2/c1-4-15(13)6-5-12-10-7-11(2,3)9-14-8-10/h10,12H,4-9H2,1-3H3. The second-order valence-electron chi connectivity index (χ2n) is 4.97. The lowest BCUT2D eigenvalue weighted by Crippen LogP contribution is -2.41. The van der Waals surface area contributed by atoms with Gasteiger partial charge in [-0.25, -0.2) is 0 Å². The second kappa shape index (κ2) is 6.26. The van der Waals surface area contributed by atoms with Crippen LogP contribution in [0.15, 0.2) is 0 Å². The molecule has 0 aromatic carbocycles. The fraction of sp³-hybridized carbons (Fsp3) is 1.00. The summed E-state index contributed by atoms with van der Waals surface area (Å²) in [5, 5.41) is 3.53. The van der Waals surface area contributed by atoms with E-state index in [1.54, 1.807) is 0 Å². The summed E-state index contributed by atoms with van der Waals surface area (Å²) in [5.41, 5.74) is 0.463. The molecule has 4 heteroatoms. The second-order valence-corrected chi connectivity index (χ2v) is 7.86. The third-order valence-electron chi connectivity index (χ3n) is 2.70. The van der Waals surface area contributed by atoms with Crippen molar-refractivity contribution < 1.29 is 4.21 Å². The van der Waals surface area contributed by atoms with Crippen LogP contribution in [0.1, 0.15) is 27.2 Å². The fourth-order valence-corrected chi connectivity index (χ4v) is 3.86. The van der Waals surface area contributed by atoms with E-state index >= 15 is 0 Å². The molecular weight excluding hydrogens is 226 g/mol. The molecule has 1 aliphatic rings. The normalized spacial score (nSPS) is 27.5. The van der Waals surface area contributed by atoms with E-state index in [0.29, 0.717) is 11.5 Å². The van der Waals surface area contributed by atoms with Gasteiger partial charge in [0.25, 0.3) is 0 Å². The first-order chi connectivity index (χ1) is 7.03. The quantitative estimate of drug-likeness (QED) is 0.806. The molecule has 2 unspecified atom stereocenters. The third-order valence-corrected chi connectivity index (χ3v) is 5.62. The summed E-state index contributed by atoms with van der Waals surface area (Å²) in [4.78, 5) is 0. The molecule has 0 saturated carbocycles. The van der Waals surface area contributed by atoms with E-state index in [1.807, 2.05) is 18.7 Å². The highest BCUT2D eigenvalue weighted by Crippen LogP contribution is 2.33. The maximum absolute atomic E-state index is 11.2. The van der Waals surface area contributed by atoms with E-state index in [1.165, 1.54) is 17.9 Å². The summed E-state index contributed by atoms with van der Waals surface area (Å²) >= 11 is 2.04. The molecule has 1 rings (SSSR count). The Hall–Kier alpha value is 0.460. The minimum Gasteiger partial charge on any atom is -0.312 e. The lowest BCUT2D eigenvalue weighted by atomic mass is 9.88. The van der Waals surface area contributed by atoms with Gasteiger partial charge in [0.1, 0.15) is 0 Å². The van der Waals surface area contributed by atoms with Crippen LogP contribution >= 0.6 is 11.8 Å². The van der Waals surface area contributed by atoms with Crippen molar-refractivity contribution in [2.75, 3.05) is 29.6 Å². The number of hydrogen-bond donors (Lipinski definition) is 1. The van der Waals surface area contributed by atoms with Crippen molar-refractivity contribution in [3.63, 3.8) is 0 Å². The molecule has 1 N–H and O–H groups in total. The molecule has 1 saturated heterocycles. The summed E-state index contributed by atoms with van der Waals surface area (Å²) in [6, 6.07) is 0.618. The van der Waals surface area contributed by atoms with E-state index in [0.717, 1.165) is 18.1 Å². The van der Waals surface area contributed by atoms with Crippen LogP contribution in [0, 0.1) is 5.41 Å². The van der Waals surface area contributed by atoms with Gasteiger partial charge in [0.15, 0.2) is 0 Å². The maximum atomic E-state index is 11.2. The van der Waals surface area contributed by atoms with Gasteiger partial charge in [0, 0.05) is 40.6 Å². The van der Waals surface area contributed by atoms with Crippen molar-refractivity contribution in [2.45, 2.75) is 33.2 Å². The van der Waals surface area contributed by atoms with E-state index in [2.05, 4.69) is 19.2 Å². The molecule has 0 radical (unpaired) electrons. The first-order valence-corrected chi connectivity index (χ1v) is 8.34. The van der Waals surface area contributed by atoms with E-state index in [4.69, 9.17) is 0 Å². The Morgan fingerprint density at radius 2 is 2.27 bits per heavy atom. The highest BCUT2D eigenvalue weighted by Gasteiger charge is 2.27. The van der Waals surface area contributed by atoms with Crippen LogP contribution in [-0.2, 0) is 10.8 Å². The maximum Gasteiger partial charge on any atom is 0.0360 e. The van der Waals surface area contributed by atoms with Gasteiger partial charge in [-0.15, -0.1) is 0 Å². The van der Waals surface area contributed by atoms with Crippen molar-refractivity contribution in [2.24, 2.45) is 5.41 Å². The van der Waals surface area contributed by atoms with Crippen molar-refractivity contribution in [1.29, 1.82) is 0 Å². The van der Waals surface area contributed by atoms with Crippen LogP contribution in [0.5, 0.6) is 0 Å². The van der Waals surface area contributed by atoms with Crippen molar-refractivity contribution in [1.82, 2.24) is 5.32 Å². The molecule has 0 bridgehead atoms. The Morgan fingerprint density at radius 1 is 1.53 bits per heavy atom. The van der Waals surface area contributed by atoms with Crippen LogP contribution in [0.2, 0.25) is 0 Å². The average Bonchev–Trinajstić information content (AvgIpc) is 2.16. The Bertz CT molecular complexity index is 219. The van der Waals surface area contributed by atoms with Crippen LogP contribution in [0.3, 0.4) is 0 Å². The summed E-state index contributed by atoms with van der Waals surface area (Å²) in [7, 11) is -0.620. The summed E-state index contributed by atoms with van der Waals surface area (Å²) in [5.74, 6) is 4.07. The molecule has 1 heterocycles. The molecule has 90 valence electrons. The fourth-order valence-electron chi connectivity index (χ4n) is 1.91. The van der Waals surface area contributed by atoms with Gasteiger partial charge in [0.05, 0.1) is 0 Å². The minimum absolute atomic E-state index is 0.463. The highest BCUT2D eigenvalue weighted by atomic mass is 32.2. The largest absolute Gasteiger partial charge is 0.312 e. The average molecular weight is 249 g/mol. The third kappa shape index (κ3) is 5.36. The molecule has 2 atom stereocenters. The molecule has 0 aromatic heterocycles. The van der Waals surface area contributed by atoms with Gasteiger partial charge in [-0.05, 0) is 17.6 Å². The van der Waals surface area contributed by atoms with Crippen molar-refractivity contribution >= 4 is 22.6 Å². The molecule has 0 amide bonds. The van der Waals surface area contributed by atoms with Gasteiger partial charge >= 0.3 is 0 Å². The zero-order valence-electron chi connectivity index (χ0n) is 10.0. The topological polar surface area (TPSA) is 29.1 Å². The van der Waals surface area contributed by atoms with Crippen LogP contribution in [-0.4, -0.2) is 39.8 Å². The molecule has 0 aromatic rings. The van der Waals surface area contributed by atoms with E-state index in [9.17, 15) is 4.21 Å². The molecule has 0 aliphatic carbocycles. The van der Waals surface area contributed by atoms with Gasteiger partial charge < -0.3 is 5.32 Å². The van der Waals surface area contributed by atoms with E-state index in [-0.39, 0.29) is 0 Å². The highest BCUT2D eigenvalue weighted by molar-refractivity contribution is 7.99. The molecule has 15 heavy (non-hydrogen) atoms.